The second-order valence-electron chi connectivity index (χ2n) is 5.13. The van der Waals surface area contributed by atoms with E-state index >= 15 is 0 Å². The van der Waals surface area contributed by atoms with Crippen molar-refractivity contribution < 1.29 is 13.2 Å². The summed E-state index contributed by atoms with van der Waals surface area (Å²) < 4.78 is 38.6. The second kappa shape index (κ2) is 5.87. The van der Waals surface area contributed by atoms with E-state index in [2.05, 4.69) is 12.2 Å². The molecule has 1 aromatic rings. The molecule has 2 rings (SSSR count). The van der Waals surface area contributed by atoms with Crippen LogP contribution in [0, 0.1) is 0 Å². The van der Waals surface area contributed by atoms with Gasteiger partial charge in [-0.1, -0.05) is 25.5 Å². The van der Waals surface area contributed by atoms with Crippen molar-refractivity contribution in [3.05, 3.63) is 35.4 Å². The molecule has 3 N–H and O–H groups in total. The molecular weight excluding hydrogens is 265 g/mol. The summed E-state index contributed by atoms with van der Waals surface area (Å²) in [7, 11) is 0. The fourth-order valence-electron chi connectivity index (χ4n) is 2.56. The summed E-state index contributed by atoms with van der Waals surface area (Å²) in [6.45, 7) is 2.80. The zero-order chi connectivity index (χ0) is 14.8. The van der Waals surface area contributed by atoms with E-state index in [1.165, 1.54) is 6.07 Å². The molecule has 0 saturated heterocycles. The minimum Gasteiger partial charge on any atom is -0.398 e. The summed E-state index contributed by atoms with van der Waals surface area (Å²) >= 11 is 0. The van der Waals surface area contributed by atoms with Gasteiger partial charge in [0.1, 0.15) is 0 Å². The number of rotatable bonds is 3. The Morgan fingerprint density at radius 1 is 1.35 bits per heavy atom. The van der Waals surface area contributed by atoms with Crippen LogP contribution in [0.4, 0.5) is 18.9 Å². The molecular formula is C15H19F3N2. The Balaban J connectivity index is 2.27. The molecule has 1 aromatic carbocycles. The summed E-state index contributed by atoms with van der Waals surface area (Å²) in [5, 5.41) is 3.35. The number of nitrogen functional groups attached to an aromatic ring is 1. The van der Waals surface area contributed by atoms with Crippen LogP contribution < -0.4 is 11.1 Å². The molecule has 1 atom stereocenters. The van der Waals surface area contributed by atoms with Gasteiger partial charge in [-0.25, -0.2) is 0 Å². The highest BCUT2D eigenvalue weighted by atomic mass is 19.4. The standard InChI is InChI=1S/C15H19F3N2/c1-2-3-12-8-11(6-7-20-12)10-4-5-14(19)13(9-10)15(16,17)18/h4-6,9,12,20H,2-3,7-8,19H2,1H3. The van der Waals surface area contributed by atoms with Crippen LogP contribution in [0.25, 0.3) is 5.57 Å². The monoisotopic (exact) mass is 284 g/mol. The lowest BCUT2D eigenvalue weighted by Gasteiger charge is -2.24. The first-order valence-corrected chi connectivity index (χ1v) is 6.81. The van der Waals surface area contributed by atoms with Gasteiger partial charge in [-0.3, -0.25) is 0 Å². The molecule has 2 nitrogen and oxygen atoms in total. The van der Waals surface area contributed by atoms with Crippen molar-refractivity contribution in [2.75, 3.05) is 12.3 Å². The van der Waals surface area contributed by atoms with Crippen LogP contribution in [0.3, 0.4) is 0 Å². The predicted molar refractivity (Wildman–Crippen MR) is 75.1 cm³/mol. The van der Waals surface area contributed by atoms with Crippen molar-refractivity contribution in [1.29, 1.82) is 0 Å². The van der Waals surface area contributed by atoms with Gasteiger partial charge in [0.15, 0.2) is 0 Å². The number of nitrogens with two attached hydrogens (primary N) is 1. The molecule has 1 heterocycles. The minimum absolute atomic E-state index is 0.221. The molecule has 0 amide bonds. The first kappa shape index (κ1) is 14.9. The number of nitrogens with one attached hydrogen (secondary N) is 1. The number of alkyl halides is 3. The Hall–Kier alpha value is -1.49. The number of hydrogen-bond acceptors (Lipinski definition) is 2. The maximum atomic E-state index is 12.9. The maximum absolute atomic E-state index is 12.9. The van der Waals surface area contributed by atoms with E-state index in [4.69, 9.17) is 5.73 Å². The van der Waals surface area contributed by atoms with E-state index in [9.17, 15) is 13.2 Å². The number of hydrogen-bond donors (Lipinski definition) is 2. The van der Waals surface area contributed by atoms with Crippen molar-refractivity contribution in [3.63, 3.8) is 0 Å². The van der Waals surface area contributed by atoms with E-state index in [1.807, 2.05) is 6.08 Å². The van der Waals surface area contributed by atoms with Gasteiger partial charge in [-0.2, -0.15) is 13.2 Å². The molecule has 0 radical (unpaired) electrons. The molecule has 1 aliphatic heterocycles. The quantitative estimate of drug-likeness (QED) is 0.828. The molecule has 5 heteroatoms. The van der Waals surface area contributed by atoms with Gasteiger partial charge >= 0.3 is 6.18 Å². The molecule has 0 fully saturated rings. The highest BCUT2D eigenvalue weighted by molar-refractivity contribution is 5.70. The Kier molecular flexibility index (Phi) is 4.38. The zero-order valence-corrected chi connectivity index (χ0v) is 11.4. The van der Waals surface area contributed by atoms with Crippen LogP contribution in [0.2, 0.25) is 0 Å². The first-order chi connectivity index (χ1) is 9.41. The summed E-state index contributed by atoms with van der Waals surface area (Å²) in [4.78, 5) is 0. The molecule has 0 saturated carbocycles. The normalized spacial score (nSPS) is 19.8. The van der Waals surface area contributed by atoms with Crippen molar-refractivity contribution in [3.8, 4) is 0 Å². The highest BCUT2D eigenvalue weighted by Crippen LogP contribution is 2.36. The Morgan fingerprint density at radius 3 is 2.75 bits per heavy atom. The number of anilines is 1. The minimum atomic E-state index is -4.41. The van der Waals surface area contributed by atoms with Crippen LogP contribution >= 0.6 is 0 Å². The number of halogens is 3. The summed E-state index contributed by atoms with van der Waals surface area (Å²) in [6, 6.07) is 4.52. The van der Waals surface area contributed by atoms with Crippen molar-refractivity contribution in [2.24, 2.45) is 0 Å². The van der Waals surface area contributed by atoms with E-state index in [0.717, 1.165) is 30.9 Å². The number of benzene rings is 1. The molecule has 1 unspecified atom stereocenters. The van der Waals surface area contributed by atoms with E-state index < -0.39 is 11.7 Å². The third kappa shape index (κ3) is 3.33. The van der Waals surface area contributed by atoms with Crippen molar-refractivity contribution in [1.82, 2.24) is 5.32 Å². The molecule has 0 aromatic heterocycles. The maximum Gasteiger partial charge on any atom is 0.418 e. The SMILES string of the molecule is CCCC1CC(c2ccc(N)c(C(F)(F)F)c2)=CCN1. The smallest absolute Gasteiger partial charge is 0.398 e. The average Bonchev–Trinajstić information content (AvgIpc) is 2.38. The van der Waals surface area contributed by atoms with Gasteiger partial charge in [0.05, 0.1) is 5.56 Å². The molecule has 0 aliphatic carbocycles. The Bertz CT molecular complexity index is 506. The fraction of sp³-hybridized carbons (Fsp3) is 0.467. The Labute approximate surface area is 116 Å². The summed E-state index contributed by atoms with van der Waals surface area (Å²) in [5.74, 6) is 0. The lowest BCUT2D eigenvalue weighted by molar-refractivity contribution is -0.136. The average molecular weight is 284 g/mol. The van der Waals surface area contributed by atoms with Gasteiger partial charge in [-0.05, 0) is 36.1 Å². The van der Waals surface area contributed by atoms with Crippen LogP contribution in [-0.2, 0) is 6.18 Å². The molecule has 0 bridgehead atoms. The molecule has 0 spiro atoms. The zero-order valence-electron chi connectivity index (χ0n) is 11.4. The highest BCUT2D eigenvalue weighted by Gasteiger charge is 2.33. The lowest BCUT2D eigenvalue weighted by Crippen LogP contribution is -2.32. The van der Waals surface area contributed by atoms with Crippen molar-refractivity contribution in [2.45, 2.75) is 38.4 Å². The van der Waals surface area contributed by atoms with Gasteiger partial charge in [-0.15, -0.1) is 0 Å². The lowest BCUT2D eigenvalue weighted by atomic mass is 9.92. The predicted octanol–water partition coefficient (Wildman–Crippen LogP) is 3.83. The van der Waals surface area contributed by atoms with Crippen LogP contribution in [-0.4, -0.2) is 12.6 Å². The third-order valence-electron chi connectivity index (χ3n) is 3.59. The van der Waals surface area contributed by atoms with Crippen LogP contribution in [0.15, 0.2) is 24.3 Å². The third-order valence-corrected chi connectivity index (χ3v) is 3.59. The van der Waals surface area contributed by atoms with E-state index in [-0.39, 0.29) is 5.69 Å². The first-order valence-electron chi connectivity index (χ1n) is 6.81. The molecule has 20 heavy (non-hydrogen) atoms. The van der Waals surface area contributed by atoms with Gasteiger partial charge < -0.3 is 11.1 Å². The fourth-order valence-corrected chi connectivity index (χ4v) is 2.56. The molecule has 110 valence electrons. The van der Waals surface area contributed by atoms with Gasteiger partial charge in [0.2, 0.25) is 0 Å². The summed E-state index contributed by atoms with van der Waals surface area (Å²) in [6.07, 6.45) is 0.391. The van der Waals surface area contributed by atoms with Crippen LogP contribution in [0.5, 0.6) is 0 Å². The van der Waals surface area contributed by atoms with Gasteiger partial charge in [0.25, 0.3) is 0 Å². The topological polar surface area (TPSA) is 38.0 Å². The van der Waals surface area contributed by atoms with Crippen LogP contribution in [0.1, 0.15) is 37.3 Å². The van der Waals surface area contributed by atoms with E-state index in [0.29, 0.717) is 18.2 Å². The Morgan fingerprint density at radius 2 is 2.10 bits per heavy atom. The molecule has 1 aliphatic rings. The van der Waals surface area contributed by atoms with Gasteiger partial charge in [0, 0.05) is 18.3 Å². The largest absolute Gasteiger partial charge is 0.418 e. The second-order valence-corrected chi connectivity index (χ2v) is 5.13. The van der Waals surface area contributed by atoms with E-state index in [1.54, 1.807) is 6.07 Å². The summed E-state index contributed by atoms with van der Waals surface area (Å²) in [5.41, 5.74) is 6.04. The van der Waals surface area contributed by atoms with Crippen molar-refractivity contribution >= 4 is 11.3 Å².